The van der Waals surface area contributed by atoms with E-state index in [9.17, 15) is 9.59 Å². The van der Waals surface area contributed by atoms with Gasteiger partial charge in [-0.15, -0.1) is 23.5 Å². The van der Waals surface area contributed by atoms with Crippen LogP contribution in [0.5, 0.6) is 0 Å². The molecule has 6 nitrogen and oxygen atoms in total. The van der Waals surface area contributed by atoms with Gasteiger partial charge in [0, 0.05) is 33.4 Å². The first-order valence-electron chi connectivity index (χ1n) is 9.22. The second kappa shape index (κ2) is 15.4. The number of rotatable bonds is 10. The van der Waals surface area contributed by atoms with Crippen LogP contribution in [0.1, 0.15) is 6.92 Å². The molecule has 1 amide bonds. The minimum atomic E-state index is -0.935. The fourth-order valence-corrected chi connectivity index (χ4v) is 3.86. The summed E-state index contributed by atoms with van der Waals surface area (Å²) in [6.45, 7) is 4.70. The quantitative estimate of drug-likeness (QED) is 0.367. The average molecular weight is 450 g/mol. The normalized spacial score (nSPS) is 9.97. The Labute approximate surface area is 185 Å². The number of aliphatic hydroxyl groups excluding tert-OH is 1. The third-order valence-electron chi connectivity index (χ3n) is 3.38. The summed E-state index contributed by atoms with van der Waals surface area (Å²) >= 11 is 3.32. The molecule has 0 aliphatic carbocycles. The summed E-state index contributed by atoms with van der Waals surface area (Å²) in [5, 5.41) is 19.2. The number of ether oxygens (including phenoxy) is 1. The van der Waals surface area contributed by atoms with E-state index in [0.717, 1.165) is 9.79 Å². The monoisotopic (exact) mass is 449 g/mol. The first-order chi connectivity index (χ1) is 14.4. The van der Waals surface area contributed by atoms with Gasteiger partial charge in [0.2, 0.25) is 0 Å². The van der Waals surface area contributed by atoms with Crippen molar-refractivity contribution in [1.29, 1.82) is 0 Å². The molecule has 0 spiro atoms. The number of alkyl carbamates (subject to hydrolysis) is 1. The summed E-state index contributed by atoms with van der Waals surface area (Å²) < 4.78 is 5.49. The molecule has 0 unspecified atom stereocenters. The molecule has 0 aliphatic rings. The summed E-state index contributed by atoms with van der Waals surface area (Å²) in [5.74, 6) is 0.419. The third-order valence-corrected chi connectivity index (χ3v) is 5.67. The zero-order chi connectivity index (χ0) is 22.2. The van der Waals surface area contributed by atoms with Crippen LogP contribution in [0.3, 0.4) is 0 Å². The Morgan fingerprint density at radius 1 is 1.00 bits per heavy atom. The van der Waals surface area contributed by atoms with Gasteiger partial charge >= 0.3 is 12.1 Å². The average Bonchev–Trinajstić information content (AvgIpc) is 2.76. The highest BCUT2D eigenvalue weighted by molar-refractivity contribution is 8.00. The molecule has 3 N–H and O–H groups in total. The predicted molar refractivity (Wildman–Crippen MR) is 122 cm³/mol. The molecule has 2 aromatic rings. The van der Waals surface area contributed by atoms with Gasteiger partial charge < -0.3 is 20.3 Å². The fraction of sp³-hybridized carbons (Fsp3) is 0.273. The molecule has 0 bridgehead atoms. The highest BCUT2D eigenvalue weighted by Gasteiger charge is 2.15. The Morgan fingerprint density at radius 3 is 1.80 bits per heavy atom. The summed E-state index contributed by atoms with van der Waals surface area (Å²) in [6.07, 6.45) is -0.713. The molecule has 0 atom stereocenters. The Bertz CT molecular complexity index is 716. The Hall–Kier alpha value is -2.42. The lowest BCUT2D eigenvalue weighted by atomic mass is 10.4. The van der Waals surface area contributed by atoms with Gasteiger partial charge in [-0.25, -0.2) is 9.59 Å². The summed E-state index contributed by atoms with van der Waals surface area (Å²) in [4.78, 5) is 23.7. The molecule has 0 aromatic heterocycles. The van der Waals surface area contributed by atoms with E-state index < -0.39 is 12.1 Å². The van der Waals surface area contributed by atoms with Gasteiger partial charge in [0.25, 0.3) is 0 Å². The van der Waals surface area contributed by atoms with Crippen LogP contribution in [0, 0.1) is 0 Å². The van der Waals surface area contributed by atoms with E-state index in [-0.39, 0.29) is 24.8 Å². The molecule has 0 heterocycles. The molecule has 2 rings (SSSR count). The van der Waals surface area contributed by atoms with Gasteiger partial charge in [-0.05, 0) is 31.2 Å². The number of carboxylic acid groups (broad SMARTS) is 1. The number of amides is 1. The van der Waals surface area contributed by atoms with Crippen LogP contribution < -0.4 is 5.32 Å². The molecule has 162 valence electrons. The smallest absolute Gasteiger partial charge is 0.407 e. The summed E-state index contributed by atoms with van der Waals surface area (Å²) in [7, 11) is 0. The van der Waals surface area contributed by atoms with Gasteiger partial charge in [0.05, 0.1) is 6.61 Å². The molecule has 2 aromatic carbocycles. The van der Waals surface area contributed by atoms with Crippen molar-refractivity contribution >= 4 is 35.6 Å². The predicted octanol–water partition coefficient (Wildman–Crippen LogP) is 4.31. The number of aliphatic carboxylic acids is 1. The maximum Gasteiger partial charge on any atom is 0.407 e. The maximum atomic E-state index is 11.8. The van der Waals surface area contributed by atoms with Crippen LogP contribution in [0.4, 0.5) is 4.79 Å². The second-order valence-corrected chi connectivity index (χ2v) is 8.20. The van der Waals surface area contributed by atoms with Crippen molar-refractivity contribution in [2.45, 2.75) is 22.8 Å². The second-order valence-electron chi connectivity index (χ2n) is 6.01. The lowest BCUT2D eigenvalue weighted by molar-refractivity contribution is -0.132. The maximum absolute atomic E-state index is 11.8. The zero-order valence-corrected chi connectivity index (χ0v) is 18.5. The lowest BCUT2D eigenvalue weighted by Crippen LogP contribution is -2.33. The molecule has 0 aliphatic heterocycles. The standard InChI is InChI=1S/C18H21NO3S2.C4H6O2/c20-12-11-19-18(21)22-15(13-23-16-7-3-1-4-8-16)14-24-17-9-5-2-6-10-17;1-3(2)4(5)6/h1-10,15,20H,11-14H2,(H,19,21);1H2,2H3,(H,5,6). The highest BCUT2D eigenvalue weighted by atomic mass is 32.2. The van der Waals surface area contributed by atoms with Crippen molar-refractivity contribution in [3.8, 4) is 0 Å². The molecule has 0 saturated carbocycles. The molecule has 30 heavy (non-hydrogen) atoms. The van der Waals surface area contributed by atoms with Crippen molar-refractivity contribution in [3.63, 3.8) is 0 Å². The van der Waals surface area contributed by atoms with E-state index in [1.54, 1.807) is 23.5 Å². The fourth-order valence-electron chi connectivity index (χ4n) is 1.88. The molecular formula is C22H27NO5S2. The van der Waals surface area contributed by atoms with Gasteiger partial charge in [-0.3, -0.25) is 0 Å². The Balaban J connectivity index is 0.000000656. The van der Waals surface area contributed by atoms with Crippen LogP contribution in [0.2, 0.25) is 0 Å². The molecule has 0 saturated heterocycles. The van der Waals surface area contributed by atoms with Crippen molar-refractivity contribution < 1.29 is 24.5 Å². The largest absolute Gasteiger partial charge is 0.478 e. The van der Waals surface area contributed by atoms with Crippen molar-refractivity contribution in [2.75, 3.05) is 24.7 Å². The van der Waals surface area contributed by atoms with Crippen molar-refractivity contribution in [1.82, 2.24) is 5.32 Å². The number of nitrogens with one attached hydrogen (secondary N) is 1. The highest BCUT2D eigenvalue weighted by Crippen LogP contribution is 2.24. The summed E-state index contributed by atoms with van der Waals surface area (Å²) in [5.41, 5.74) is 0.176. The van der Waals surface area contributed by atoms with E-state index in [1.807, 2.05) is 60.7 Å². The minimum Gasteiger partial charge on any atom is -0.478 e. The van der Waals surface area contributed by atoms with E-state index in [4.69, 9.17) is 14.9 Å². The minimum absolute atomic E-state index is 0.0999. The first kappa shape index (κ1) is 25.6. The van der Waals surface area contributed by atoms with Crippen molar-refractivity contribution in [2.24, 2.45) is 0 Å². The molecule has 8 heteroatoms. The van der Waals surface area contributed by atoms with Gasteiger partial charge in [0.1, 0.15) is 6.10 Å². The first-order valence-corrected chi connectivity index (χ1v) is 11.2. The van der Waals surface area contributed by atoms with Gasteiger partial charge in [-0.1, -0.05) is 43.0 Å². The van der Waals surface area contributed by atoms with Gasteiger partial charge in [0.15, 0.2) is 0 Å². The summed E-state index contributed by atoms with van der Waals surface area (Å²) in [6, 6.07) is 20.1. The number of carbonyl (C=O) groups excluding carboxylic acids is 1. The number of thioether (sulfide) groups is 2. The number of hydrogen-bond donors (Lipinski definition) is 3. The third kappa shape index (κ3) is 12.2. The number of carboxylic acids is 1. The van der Waals surface area contributed by atoms with E-state index in [2.05, 4.69) is 11.9 Å². The molecule has 0 radical (unpaired) electrons. The van der Waals surface area contributed by atoms with Crippen LogP contribution >= 0.6 is 23.5 Å². The number of carbonyl (C=O) groups is 2. The van der Waals surface area contributed by atoms with E-state index in [1.165, 1.54) is 6.92 Å². The number of hydrogen-bond acceptors (Lipinski definition) is 6. The SMILES string of the molecule is C=C(C)C(=O)O.O=C(NCCO)OC(CSc1ccccc1)CSc1ccccc1. The number of aliphatic hydroxyl groups is 1. The lowest BCUT2D eigenvalue weighted by Gasteiger charge is -2.17. The molecule has 0 fully saturated rings. The van der Waals surface area contributed by atoms with Crippen LogP contribution in [-0.2, 0) is 9.53 Å². The van der Waals surface area contributed by atoms with E-state index in [0.29, 0.717) is 11.5 Å². The van der Waals surface area contributed by atoms with Crippen LogP contribution in [-0.4, -0.2) is 53.0 Å². The van der Waals surface area contributed by atoms with Crippen LogP contribution in [0.25, 0.3) is 0 Å². The van der Waals surface area contributed by atoms with Crippen molar-refractivity contribution in [3.05, 3.63) is 72.8 Å². The number of benzene rings is 2. The van der Waals surface area contributed by atoms with E-state index >= 15 is 0 Å². The van der Waals surface area contributed by atoms with Crippen LogP contribution in [0.15, 0.2) is 82.6 Å². The zero-order valence-electron chi connectivity index (χ0n) is 16.8. The molecular weight excluding hydrogens is 422 g/mol. The Kier molecular flexibility index (Phi) is 13.2. The topological polar surface area (TPSA) is 95.9 Å². The van der Waals surface area contributed by atoms with Gasteiger partial charge in [-0.2, -0.15) is 0 Å². The Morgan fingerprint density at radius 2 is 1.43 bits per heavy atom.